The van der Waals surface area contributed by atoms with Crippen molar-refractivity contribution < 1.29 is 9.18 Å². The molecule has 1 amide bonds. The number of anilines is 3. The first-order valence-electron chi connectivity index (χ1n) is 7.97. The lowest BCUT2D eigenvalue weighted by Gasteiger charge is -2.31. The van der Waals surface area contributed by atoms with Crippen LogP contribution in [0.5, 0.6) is 0 Å². The molecule has 24 heavy (non-hydrogen) atoms. The molecule has 0 spiro atoms. The number of rotatable bonds is 4. The average Bonchev–Trinajstić information content (AvgIpc) is 2.58. The van der Waals surface area contributed by atoms with Crippen molar-refractivity contribution >= 4 is 23.4 Å². The number of carbonyl (C=O) groups excluding carboxylic acids is 1. The van der Waals surface area contributed by atoms with Gasteiger partial charge in [-0.2, -0.15) is 4.98 Å². The third-order valence-corrected chi connectivity index (χ3v) is 4.23. The molecule has 1 aliphatic rings. The molecule has 2 heterocycles. The Morgan fingerprint density at radius 3 is 2.58 bits per heavy atom. The molecule has 0 saturated carbocycles. The molecule has 1 aromatic carbocycles. The molecule has 3 N–H and O–H groups in total. The minimum absolute atomic E-state index is 0.317. The van der Waals surface area contributed by atoms with Gasteiger partial charge in [0.25, 0.3) is 0 Å². The van der Waals surface area contributed by atoms with Crippen molar-refractivity contribution in [1.82, 2.24) is 9.97 Å². The standard InChI is InChI=1S/C17H20FN5O/c1-11-6-8-23(9-7-11)16-14(18)10-20-17(22-16)21-13-4-2-12(3-5-13)15(19)24/h2-5,10-11H,6-9H2,1H3,(H2,19,24)(H,20,21,22). The molecule has 0 atom stereocenters. The maximum absolute atomic E-state index is 14.1. The van der Waals surface area contributed by atoms with Gasteiger partial charge in [0.15, 0.2) is 11.6 Å². The van der Waals surface area contributed by atoms with Gasteiger partial charge in [0.05, 0.1) is 6.20 Å². The summed E-state index contributed by atoms with van der Waals surface area (Å²) in [6.07, 6.45) is 3.24. The van der Waals surface area contributed by atoms with Crippen LogP contribution in [-0.2, 0) is 0 Å². The molecule has 7 heteroatoms. The zero-order valence-electron chi connectivity index (χ0n) is 13.5. The van der Waals surface area contributed by atoms with E-state index in [1.165, 1.54) is 6.20 Å². The molecular weight excluding hydrogens is 309 g/mol. The van der Waals surface area contributed by atoms with Crippen molar-refractivity contribution in [2.75, 3.05) is 23.3 Å². The molecule has 1 aliphatic heterocycles. The minimum Gasteiger partial charge on any atom is -0.366 e. The second kappa shape index (κ2) is 6.82. The highest BCUT2D eigenvalue weighted by Crippen LogP contribution is 2.25. The SMILES string of the molecule is CC1CCN(c2nc(Nc3ccc(C(N)=O)cc3)ncc2F)CC1. The molecule has 3 rings (SSSR count). The third kappa shape index (κ3) is 3.61. The van der Waals surface area contributed by atoms with E-state index in [-0.39, 0.29) is 0 Å². The van der Waals surface area contributed by atoms with E-state index >= 15 is 0 Å². The first kappa shape index (κ1) is 16.2. The molecule has 1 fully saturated rings. The second-order valence-corrected chi connectivity index (χ2v) is 6.10. The summed E-state index contributed by atoms with van der Waals surface area (Å²) in [5.74, 6) is 0.401. The van der Waals surface area contributed by atoms with E-state index in [2.05, 4.69) is 22.2 Å². The highest BCUT2D eigenvalue weighted by atomic mass is 19.1. The summed E-state index contributed by atoms with van der Waals surface area (Å²) >= 11 is 0. The van der Waals surface area contributed by atoms with Gasteiger partial charge in [0.1, 0.15) is 0 Å². The number of nitrogens with zero attached hydrogens (tertiary/aromatic N) is 3. The van der Waals surface area contributed by atoms with Crippen LogP contribution in [0.1, 0.15) is 30.1 Å². The zero-order chi connectivity index (χ0) is 17.1. The molecule has 1 saturated heterocycles. The maximum atomic E-state index is 14.1. The van der Waals surface area contributed by atoms with Crippen molar-refractivity contribution in [2.24, 2.45) is 11.7 Å². The lowest BCUT2D eigenvalue weighted by atomic mass is 9.99. The highest BCUT2D eigenvalue weighted by Gasteiger charge is 2.20. The predicted octanol–water partition coefficient (Wildman–Crippen LogP) is 2.69. The van der Waals surface area contributed by atoms with E-state index in [1.54, 1.807) is 24.3 Å². The number of amides is 1. The van der Waals surface area contributed by atoms with Crippen LogP contribution in [0, 0.1) is 11.7 Å². The Balaban J connectivity index is 1.77. The highest BCUT2D eigenvalue weighted by molar-refractivity contribution is 5.93. The van der Waals surface area contributed by atoms with Gasteiger partial charge >= 0.3 is 0 Å². The number of carbonyl (C=O) groups is 1. The van der Waals surface area contributed by atoms with Crippen LogP contribution < -0.4 is 16.0 Å². The fourth-order valence-corrected chi connectivity index (χ4v) is 2.71. The van der Waals surface area contributed by atoms with Crippen molar-refractivity contribution in [3.05, 3.63) is 41.8 Å². The summed E-state index contributed by atoms with van der Waals surface area (Å²) < 4.78 is 14.1. The van der Waals surface area contributed by atoms with E-state index in [1.807, 2.05) is 4.90 Å². The summed E-state index contributed by atoms with van der Waals surface area (Å²) in [4.78, 5) is 21.3. The van der Waals surface area contributed by atoms with E-state index in [4.69, 9.17) is 5.73 Å². The fourth-order valence-electron chi connectivity index (χ4n) is 2.71. The smallest absolute Gasteiger partial charge is 0.248 e. The quantitative estimate of drug-likeness (QED) is 0.901. The van der Waals surface area contributed by atoms with Crippen LogP contribution >= 0.6 is 0 Å². The number of nitrogens with two attached hydrogens (primary N) is 1. The first-order chi connectivity index (χ1) is 11.5. The Labute approximate surface area is 139 Å². The monoisotopic (exact) mass is 329 g/mol. The Morgan fingerprint density at radius 2 is 1.96 bits per heavy atom. The van der Waals surface area contributed by atoms with Gasteiger partial charge in [-0.1, -0.05) is 6.92 Å². The minimum atomic E-state index is -0.485. The van der Waals surface area contributed by atoms with Gasteiger partial charge in [-0.15, -0.1) is 0 Å². The first-order valence-corrected chi connectivity index (χ1v) is 7.97. The van der Waals surface area contributed by atoms with E-state index in [0.29, 0.717) is 28.9 Å². The lowest BCUT2D eigenvalue weighted by Crippen LogP contribution is -2.34. The number of hydrogen-bond donors (Lipinski definition) is 2. The normalized spacial score (nSPS) is 15.3. The van der Waals surface area contributed by atoms with Crippen molar-refractivity contribution in [3.8, 4) is 0 Å². The maximum Gasteiger partial charge on any atom is 0.248 e. The molecule has 0 aliphatic carbocycles. The van der Waals surface area contributed by atoms with Crippen molar-refractivity contribution in [2.45, 2.75) is 19.8 Å². The van der Waals surface area contributed by atoms with Crippen LogP contribution in [0.15, 0.2) is 30.5 Å². The Kier molecular flexibility index (Phi) is 4.59. The van der Waals surface area contributed by atoms with Crippen molar-refractivity contribution in [1.29, 1.82) is 0 Å². The van der Waals surface area contributed by atoms with E-state index < -0.39 is 11.7 Å². The average molecular weight is 329 g/mol. The second-order valence-electron chi connectivity index (χ2n) is 6.10. The van der Waals surface area contributed by atoms with Crippen molar-refractivity contribution in [3.63, 3.8) is 0 Å². The van der Waals surface area contributed by atoms with Crippen LogP contribution in [-0.4, -0.2) is 29.0 Å². The van der Waals surface area contributed by atoms with Crippen LogP contribution in [0.2, 0.25) is 0 Å². The van der Waals surface area contributed by atoms with E-state index in [0.717, 1.165) is 25.9 Å². The molecule has 1 aromatic heterocycles. The van der Waals surface area contributed by atoms with E-state index in [9.17, 15) is 9.18 Å². The van der Waals surface area contributed by atoms with Crippen LogP contribution in [0.3, 0.4) is 0 Å². The summed E-state index contributed by atoms with van der Waals surface area (Å²) in [6, 6.07) is 6.63. The summed E-state index contributed by atoms with van der Waals surface area (Å²) in [7, 11) is 0. The largest absolute Gasteiger partial charge is 0.366 e. The number of halogens is 1. The lowest BCUT2D eigenvalue weighted by molar-refractivity contribution is 0.100. The Morgan fingerprint density at radius 1 is 1.29 bits per heavy atom. The number of primary amides is 1. The number of aromatic nitrogens is 2. The third-order valence-electron chi connectivity index (χ3n) is 4.23. The van der Waals surface area contributed by atoms with Gasteiger partial charge < -0.3 is 16.0 Å². The number of benzene rings is 1. The van der Waals surface area contributed by atoms with Gasteiger partial charge in [-0.05, 0) is 43.0 Å². The van der Waals surface area contributed by atoms with Gasteiger partial charge in [-0.3, -0.25) is 4.79 Å². The summed E-state index contributed by atoms with van der Waals surface area (Å²) in [5.41, 5.74) is 6.33. The molecule has 2 aromatic rings. The number of hydrogen-bond acceptors (Lipinski definition) is 5. The summed E-state index contributed by atoms with van der Waals surface area (Å²) in [5, 5.41) is 3.02. The Hall–Kier alpha value is -2.70. The fraction of sp³-hybridized carbons (Fsp3) is 0.353. The molecule has 0 unspecified atom stereocenters. The van der Waals surface area contributed by atoms with Gasteiger partial charge in [-0.25, -0.2) is 9.37 Å². The van der Waals surface area contributed by atoms with Gasteiger partial charge in [0.2, 0.25) is 11.9 Å². The summed E-state index contributed by atoms with van der Waals surface area (Å²) in [6.45, 7) is 3.79. The molecular formula is C17H20FN5O. The van der Waals surface area contributed by atoms with Gasteiger partial charge in [0, 0.05) is 24.3 Å². The predicted molar refractivity (Wildman–Crippen MR) is 90.8 cm³/mol. The number of nitrogens with one attached hydrogen (secondary N) is 1. The van der Waals surface area contributed by atoms with Crippen LogP contribution in [0.25, 0.3) is 0 Å². The zero-order valence-corrected chi connectivity index (χ0v) is 13.5. The molecule has 6 nitrogen and oxygen atoms in total. The molecule has 126 valence electrons. The number of piperidine rings is 1. The topological polar surface area (TPSA) is 84.1 Å². The molecule has 0 radical (unpaired) electrons. The van der Waals surface area contributed by atoms with Crippen LogP contribution in [0.4, 0.5) is 21.8 Å². The molecule has 0 bridgehead atoms. The Bertz CT molecular complexity index is 726.